The number of H-pyrrole nitrogens is 1. The third-order valence-corrected chi connectivity index (χ3v) is 10.7. The molecule has 0 saturated carbocycles. The largest absolute Gasteiger partial charge is 0.506 e. The van der Waals surface area contributed by atoms with Crippen LogP contribution in [0, 0.1) is 5.92 Å². The van der Waals surface area contributed by atoms with Gasteiger partial charge in [0.25, 0.3) is 5.89 Å². The molecule has 5 heterocycles. The summed E-state index contributed by atoms with van der Waals surface area (Å²) in [6, 6.07) is 30.9. The van der Waals surface area contributed by atoms with Crippen LogP contribution in [0.2, 0.25) is 0 Å². The zero-order chi connectivity index (χ0) is 38.4. The third-order valence-electron chi connectivity index (χ3n) is 10.7. The van der Waals surface area contributed by atoms with Crippen LogP contribution in [0.3, 0.4) is 0 Å². The molecule has 288 valence electrons. The van der Waals surface area contributed by atoms with E-state index in [1.165, 1.54) is 12.1 Å². The second-order valence-corrected chi connectivity index (χ2v) is 14.4. The van der Waals surface area contributed by atoms with Gasteiger partial charge in [-0.05, 0) is 91.3 Å². The minimum Gasteiger partial charge on any atom is -0.506 e. The Balaban J connectivity index is 0.837. The fraction of sp³-hybridized carbons (Fsp3) is 0.302. The van der Waals surface area contributed by atoms with Crippen LogP contribution in [0.15, 0.2) is 112 Å². The lowest BCUT2D eigenvalue weighted by Gasteiger charge is -2.43. The number of amides is 1. The van der Waals surface area contributed by atoms with Gasteiger partial charge in [-0.1, -0.05) is 78.0 Å². The SMILES string of the molecule is O=C(NC(c1ccccc1)c1cccc(OCc2nc(-c3ccc(CCNC[C@@H](O)c4ccc(O)c5[nH]c(=O)ccc45)cc3)no2)c1)O[C@H]1CN2CCC1CC2. The van der Waals surface area contributed by atoms with E-state index in [4.69, 9.17) is 14.0 Å². The van der Waals surface area contributed by atoms with Gasteiger partial charge >= 0.3 is 6.09 Å². The van der Waals surface area contributed by atoms with Gasteiger partial charge in [0.2, 0.25) is 11.4 Å². The number of phenolic OH excluding ortho intramolecular Hbond substituents is 1. The van der Waals surface area contributed by atoms with Crippen LogP contribution in [0.5, 0.6) is 11.5 Å². The number of fused-ring (bicyclic) bond motifs is 4. The number of hydrogen-bond donors (Lipinski definition) is 5. The Bertz CT molecular complexity index is 2320. The molecule has 13 heteroatoms. The van der Waals surface area contributed by atoms with E-state index in [9.17, 15) is 19.8 Å². The summed E-state index contributed by atoms with van der Waals surface area (Å²) < 4.78 is 17.6. The number of piperidine rings is 3. The predicted molar refractivity (Wildman–Crippen MR) is 209 cm³/mol. The number of carbonyl (C=O) groups is 1. The van der Waals surface area contributed by atoms with Crippen LogP contribution >= 0.6 is 0 Å². The van der Waals surface area contributed by atoms with Gasteiger partial charge in [-0.15, -0.1) is 0 Å². The molecular formula is C43H44N6O7. The van der Waals surface area contributed by atoms with Crippen molar-refractivity contribution in [1.29, 1.82) is 0 Å². The quantitative estimate of drug-likeness (QED) is 0.0871. The fourth-order valence-corrected chi connectivity index (χ4v) is 7.65. The molecule has 0 aliphatic carbocycles. The number of carbonyl (C=O) groups excluding carboxylic acids is 1. The molecule has 0 radical (unpaired) electrons. The van der Waals surface area contributed by atoms with Gasteiger partial charge < -0.3 is 39.8 Å². The first-order valence-corrected chi connectivity index (χ1v) is 19.0. The molecule has 6 aromatic rings. The van der Waals surface area contributed by atoms with Gasteiger partial charge in [-0.2, -0.15) is 4.98 Å². The Kier molecular flexibility index (Phi) is 11.1. The first kappa shape index (κ1) is 36.9. The number of aromatic nitrogens is 3. The number of hydrogen-bond acceptors (Lipinski definition) is 11. The fourth-order valence-electron chi connectivity index (χ4n) is 7.65. The Labute approximate surface area is 323 Å². The highest BCUT2D eigenvalue weighted by Crippen LogP contribution is 2.31. The summed E-state index contributed by atoms with van der Waals surface area (Å²) >= 11 is 0. The standard InChI is InChI=1S/C43H44N6O7/c50-35-15-13-33(34-14-16-38(52)45-41(34)35)36(51)24-44-20-17-27-9-11-30(12-10-27)42-46-39(56-48-42)26-54-32-8-4-7-31(23-32)40(29-5-2-1-3-6-29)47-43(53)55-37-25-49-21-18-28(37)19-22-49/h1-16,23,28,36-37,40,44,50-51H,17-22,24-26H2,(H,45,52)(H,47,53)/t36-,37+,40?/m1/s1. The maximum atomic E-state index is 13.2. The molecule has 1 amide bonds. The molecule has 3 aliphatic heterocycles. The molecule has 2 aromatic heterocycles. The van der Waals surface area contributed by atoms with Crippen LogP contribution in [0.1, 0.15) is 53.1 Å². The van der Waals surface area contributed by atoms with Crippen molar-refractivity contribution in [2.24, 2.45) is 5.92 Å². The average Bonchev–Trinajstić information content (AvgIpc) is 3.71. The Morgan fingerprint density at radius 1 is 0.964 bits per heavy atom. The highest BCUT2D eigenvalue weighted by Gasteiger charge is 2.37. The Hall–Kier alpha value is -6.02. The molecule has 3 atom stereocenters. The molecule has 3 saturated heterocycles. The van der Waals surface area contributed by atoms with Gasteiger partial charge in [-0.3, -0.25) is 9.69 Å². The Morgan fingerprint density at radius 2 is 1.77 bits per heavy atom. The maximum Gasteiger partial charge on any atom is 0.408 e. The van der Waals surface area contributed by atoms with Gasteiger partial charge in [0.1, 0.15) is 17.6 Å². The number of ether oxygens (including phenoxy) is 2. The van der Waals surface area contributed by atoms with Crippen molar-refractivity contribution in [3.05, 3.63) is 142 Å². The Morgan fingerprint density at radius 3 is 2.55 bits per heavy atom. The molecule has 2 bridgehead atoms. The van der Waals surface area contributed by atoms with Crippen molar-refractivity contribution in [1.82, 2.24) is 30.7 Å². The summed E-state index contributed by atoms with van der Waals surface area (Å²) in [4.78, 5) is 34.5. The lowest BCUT2D eigenvalue weighted by Crippen LogP contribution is -2.52. The van der Waals surface area contributed by atoms with E-state index in [1.54, 1.807) is 12.1 Å². The van der Waals surface area contributed by atoms with E-state index < -0.39 is 18.2 Å². The maximum absolute atomic E-state index is 13.2. The van der Waals surface area contributed by atoms with Crippen molar-refractivity contribution in [3.63, 3.8) is 0 Å². The molecule has 9 rings (SSSR count). The molecule has 4 aromatic carbocycles. The van der Waals surface area contributed by atoms with Gasteiger partial charge in [-0.25, -0.2) is 4.79 Å². The van der Waals surface area contributed by atoms with E-state index in [-0.39, 0.29) is 24.0 Å². The monoisotopic (exact) mass is 756 g/mol. The van der Waals surface area contributed by atoms with Crippen molar-refractivity contribution in [2.75, 3.05) is 32.7 Å². The van der Waals surface area contributed by atoms with Crippen molar-refractivity contribution >= 4 is 17.0 Å². The van der Waals surface area contributed by atoms with E-state index in [0.717, 1.165) is 61.2 Å². The topological polar surface area (TPSA) is 175 Å². The second-order valence-electron chi connectivity index (χ2n) is 14.4. The number of aliphatic hydroxyl groups is 1. The summed E-state index contributed by atoms with van der Waals surface area (Å²) in [6.45, 7) is 3.94. The number of alkyl carbamates (subject to hydrolysis) is 1. The normalized spacial score (nSPS) is 18.7. The highest BCUT2D eigenvalue weighted by atomic mass is 16.6. The summed E-state index contributed by atoms with van der Waals surface area (Å²) in [7, 11) is 0. The zero-order valence-corrected chi connectivity index (χ0v) is 30.8. The summed E-state index contributed by atoms with van der Waals surface area (Å²) in [5, 5.41) is 32.1. The minimum atomic E-state index is -0.829. The average molecular weight is 757 g/mol. The number of pyridine rings is 1. The zero-order valence-electron chi connectivity index (χ0n) is 30.8. The number of aliphatic hydroxyl groups excluding tert-OH is 1. The predicted octanol–water partition coefficient (Wildman–Crippen LogP) is 5.64. The highest BCUT2D eigenvalue weighted by molar-refractivity contribution is 5.87. The molecular weight excluding hydrogens is 713 g/mol. The molecule has 1 unspecified atom stereocenters. The second kappa shape index (κ2) is 16.8. The van der Waals surface area contributed by atoms with Gasteiger partial charge in [0, 0.05) is 30.1 Å². The molecule has 56 heavy (non-hydrogen) atoms. The number of aromatic hydroxyl groups is 1. The minimum absolute atomic E-state index is 0.0427. The lowest BCUT2D eigenvalue weighted by atomic mass is 9.86. The lowest BCUT2D eigenvalue weighted by molar-refractivity contribution is -0.0336. The summed E-state index contributed by atoms with van der Waals surface area (Å²) in [5.41, 5.74) is 4.27. The van der Waals surface area contributed by atoms with Crippen molar-refractivity contribution < 1.29 is 29.0 Å². The first-order valence-electron chi connectivity index (χ1n) is 19.0. The van der Waals surface area contributed by atoms with Crippen LogP contribution in [-0.4, -0.2) is 75.2 Å². The van der Waals surface area contributed by atoms with Crippen LogP contribution in [0.25, 0.3) is 22.3 Å². The van der Waals surface area contributed by atoms with Crippen LogP contribution < -0.4 is 20.9 Å². The molecule has 3 aliphatic rings. The number of nitrogens with one attached hydrogen (secondary N) is 3. The third kappa shape index (κ3) is 8.60. The number of aromatic amines is 1. The number of nitrogens with zero attached hydrogens (tertiary/aromatic N) is 3. The smallest absolute Gasteiger partial charge is 0.408 e. The molecule has 13 nitrogen and oxygen atoms in total. The van der Waals surface area contributed by atoms with E-state index in [1.807, 2.05) is 78.9 Å². The van der Waals surface area contributed by atoms with E-state index in [2.05, 4.69) is 30.7 Å². The number of rotatable bonds is 14. The van der Waals surface area contributed by atoms with Gasteiger partial charge in [0.15, 0.2) is 6.61 Å². The van der Waals surface area contributed by atoms with Crippen LogP contribution in [-0.2, 0) is 17.8 Å². The number of benzene rings is 4. The summed E-state index contributed by atoms with van der Waals surface area (Å²) in [6.07, 6.45) is 1.51. The molecule has 5 N–H and O–H groups in total. The van der Waals surface area contributed by atoms with E-state index in [0.29, 0.717) is 52.9 Å². The van der Waals surface area contributed by atoms with E-state index >= 15 is 0 Å². The number of phenols is 1. The first-order chi connectivity index (χ1) is 27.4. The molecule has 0 spiro atoms. The van der Waals surface area contributed by atoms with Crippen molar-refractivity contribution in [2.45, 2.75) is 44.1 Å². The molecule has 3 fully saturated rings. The summed E-state index contributed by atoms with van der Waals surface area (Å²) in [5.74, 6) is 1.74. The van der Waals surface area contributed by atoms with Crippen molar-refractivity contribution in [3.8, 4) is 22.9 Å². The van der Waals surface area contributed by atoms with Gasteiger partial charge in [0.05, 0.1) is 17.7 Å². The van der Waals surface area contributed by atoms with Crippen LogP contribution in [0.4, 0.5) is 4.79 Å².